The summed E-state index contributed by atoms with van der Waals surface area (Å²) in [4.78, 5) is 38.8. The molecule has 12 rings (SSSR count). The maximum absolute atomic E-state index is 5.38. The maximum atomic E-state index is 5.38. The average Bonchev–Trinajstić information content (AvgIpc) is 3.71. The first kappa shape index (κ1) is 51.1. The molecule has 12 heteroatoms. The van der Waals surface area contributed by atoms with E-state index in [1.807, 2.05) is 147 Å². The quantitative estimate of drug-likeness (QED) is 0.0851. The Kier molecular flexibility index (Phi) is 14.3. The molecule has 0 bridgehead atoms. The van der Waals surface area contributed by atoms with Crippen LogP contribution in [0.2, 0.25) is 0 Å². The molecule has 0 aliphatic carbocycles. The summed E-state index contributed by atoms with van der Waals surface area (Å²) in [6.07, 6.45) is 14.9. The van der Waals surface area contributed by atoms with Crippen molar-refractivity contribution in [3.8, 4) is 113 Å². The monoisotopic (exact) mass is 1060 g/mol. The predicted molar refractivity (Wildman–Crippen MR) is 317 cm³/mol. The fraction of sp³-hybridized carbons (Fsp3) is 0.0725. The van der Waals surface area contributed by atoms with Crippen LogP contribution >= 0.6 is 0 Å². The van der Waals surface area contributed by atoms with E-state index < -0.39 is 5.41 Å². The van der Waals surface area contributed by atoms with Gasteiger partial charge in [0.2, 0.25) is 0 Å². The Labute approximate surface area is 469 Å². The van der Waals surface area contributed by atoms with E-state index >= 15 is 0 Å². The van der Waals surface area contributed by atoms with Gasteiger partial charge in [-0.3, -0.25) is 0 Å². The van der Waals surface area contributed by atoms with Gasteiger partial charge in [-0.25, -0.2) is 39.9 Å². The maximum Gasteiger partial charge on any atom is 0.159 e. The second kappa shape index (κ2) is 22.7. The molecule has 8 aromatic carbocycles. The summed E-state index contributed by atoms with van der Waals surface area (Å²) >= 11 is 0. The molecule has 12 aromatic rings. The number of ether oxygens (including phenoxy) is 4. The second-order valence-corrected chi connectivity index (χ2v) is 19.2. The molecule has 0 atom stereocenters. The zero-order valence-electron chi connectivity index (χ0n) is 44.8. The minimum atomic E-state index is -0.898. The predicted octanol–water partition coefficient (Wildman–Crippen LogP) is 14.6. The summed E-state index contributed by atoms with van der Waals surface area (Å²) in [5.41, 5.74) is 14.2. The lowest BCUT2D eigenvalue weighted by atomic mass is 9.64. The summed E-state index contributed by atoms with van der Waals surface area (Å²) in [5, 5.41) is 0. The van der Waals surface area contributed by atoms with Gasteiger partial charge in [0, 0.05) is 94.1 Å². The molecule has 0 saturated heterocycles. The Hall–Kier alpha value is -10.7. The normalized spacial score (nSPS) is 11.2. The molecule has 0 amide bonds. The average molecular weight is 1060 g/mol. The summed E-state index contributed by atoms with van der Waals surface area (Å²) in [5.74, 6) is 5.58. The second-order valence-electron chi connectivity index (χ2n) is 19.2. The topological polar surface area (TPSA) is 140 Å². The highest BCUT2D eigenvalue weighted by molar-refractivity contribution is 5.72. The first-order valence-electron chi connectivity index (χ1n) is 26.2. The van der Waals surface area contributed by atoms with Crippen LogP contribution in [-0.2, 0) is 5.41 Å². The smallest absolute Gasteiger partial charge is 0.159 e. The van der Waals surface area contributed by atoms with Gasteiger partial charge in [-0.2, -0.15) is 0 Å². The number of aromatic nitrogens is 8. The molecule has 4 heterocycles. The molecule has 0 unspecified atom stereocenters. The van der Waals surface area contributed by atoms with Crippen LogP contribution in [0.5, 0.6) is 23.0 Å². The fourth-order valence-electron chi connectivity index (χ4n) is 10.1. The summed E-state index contributed by atoms with van der Waals surface area (Å²) in [6, 6.07) is 65.7. The van der Waals surface area contributed by atoms with Crippen molar-refractivity contribution in [2.75, 3.05) is 28.4 Å². The molecule has 392 valence electrons. The van der Waals surface area contributed by atoms with Crippen LogP contribution in [0.15, 0.2) is 244 Å². The lowest BCUT2D eigenvalue weighted by molar-refractivity contribution is 0.415. The Morgan fingerprint density at radius 3 is 0.519 bits per heavy atom. The van der Waals surface area contributed by atoms with Gasteiger partial charge >= 0.3 is 0 Å². The van der Waals surface area contributed by atoms with Crippen LogP contribution in [0.4, 0.5) is 0 Å². The van der Waals surface area contributed by atoms with E-state index in [1.165, 1.54) is 0 Å². The minimum Gasteiger partial charge on any atom is -0.497 e. The number of nitrogens with zero attached hydrogens (tertiary/aromatic N) is 8. The van der Waals surface area contributed by atoms with Crippen molar-refractivity contribution in [3.05, 3.63) is 266 Å². The SMILES string of the molecule is COc1ccc(-c2cnc(-c3ccc(C(c4ccc(-c5ncc(-c6ccc(OC)cc6)cn5)cc4)(c4ccc(-c5ncc(-c6ccc(OC)cc6)cn5)cc4)c4ccc(-c5ncc(-c6ccc(OC)cc6)cn5)cc4)cc3)nc2)cc1. The third-order valence-corrected chi connectivity index (χ3v) is 14.6. The van der Waals surface area contributed by atoms with Crippen molar-refractivity contribution in [2.24, 2.45) is 0 Å². The molecule has 12 nitrogen and oxygen atoms in total. The first-order chi connectivity index (χ1) is 39.9. The zero-order valence-corrected chi connectivity index (χ0v) is 44.8. The van der Waals surface area contributed by atoms with Crippen molar-refractivity contribution in [3.63, 3.8) is 0 Å². The highest BCUT2D eigenvalue weighted by Crippen LogP contribution is 2.47. The summed E-state index contributed by atoms with van der Waals surface area (Å²) in [7, 11) is 6.64. The van der Waals surface area contributed by atoms with Gasteiger partial charge in [-0.1, -0.05) is 146 Å². The van der Waals surface area contributed by atoms with E-state index in [1.54, 1.807) is 28.4 Å². The van der Waals surface area contributed by atoms with Crippen molar-refractivity contribution in [1.29, 1.82) is 0 Å². The molecule has 0 spiro atoms. The Morgan fingerprint density at radius 2 is 0.358 bits per heavy atom. The van der Waals surface area contributed by atoms with Crippen molar-refractivity contribution in [2.45, 2.75) is 5.41 Å². The van der Waals surface area contributed by atoms with Gasteiger partial charge in [0.05, 0.1) is 33.9 Å². The Bertz CT molecular complexity index is 3490. The number of hydrogen-bond acceptors (Lipinski definition) is 12. The van der Waals surface area contributed by atoms with Gasteiger partial charge in [-0.05, 0) is 93.0 Å². The van der Waals surface area contributed by atoms with Gasteiger partial charge in [-0.15, -0.1) is 0 Å². The van der Waals surface area contributed by atoms with Gasteiger partial charge in [0.25, 0.3) is 0 Å². The van der Waals surface area contributed by atoms with Crippen molar-refractivity contribution in [1.82, 2.24) is 39.9 Å². The van der Waals surface area contributed by atoms with Crippen LogP contribution in [0, 0.1) is 0 Å². The van der Waals surface area contributed by atoms with E-state index in [-0.39, 0.29) is 0 Å². The third kappa shape index (κ3) is 10.4. The van der Waals surface area contributed by atoms with Crippen molar-refractivity contribution >= 4 is 0 Å². The Morgan fingerprint density at radius 1 is 0.198 bits per heavy atom. The van der Waals surface area contributed by atoms with Crippen molar-refractivity contribution < 1.29 is 18.9 Å². The molecule has 81 heavy (non-hydrogen) atoms. The van der Waals surface area contributed by atoms with E-state index in [4.69, 9.17) is 58.8 Å². The molecule has 0 aliphatic heterocycles. The standard InChI is InChI=1S/C69H52N8O4/c1-78-61-29-13-45(14-30-61)53-37-70-65(71-38-53)49-5-21-57(22-6-49)69(58-23-7-50(8-24-58)66-72-39-54(40-73-66)46-15-31-62(79-2)32-16-46,59-25-9-51(10-26-59)67-74-41-55(42-75-67)47-17-33-63(80-3)34-18-47)60-27-11-52(12-28-60)68-76-43-56(44-77-68)48-19-35-64(81-4)36-20-48/h5-44H,1-4H3. The largest absolute Gasteiger partial charge is 0.497 e. The van der Waals surface area contributed by atoms with Crippen LogP contribution in [0.25, 0.3) is 90.1 Å². The lowest BCUT2D eigenvalue weighted by Crippen LogP contribution is -2.31. The van der Waals surface area contributed by atoms with E-state index in [0.717, 1.165) is 112 Å². The van der Waals surface area contributed by atoms with Gasteiger partial charge < -0.3 is 18.9 Å². The fourth-order valence-corrected chi connectivity index (χ4v) is 10.1. The van der Waals surface area contributed by atoms with Crippen LogP contribution in [0.3, 0.4) is 0 Å². The molecule has 4 aromatic heterocycles. The first-order valence-corrected chi connectivity index (χ1v) is 26.2. The molecule has 0 N–H and O–H groups in total. The van der Waals surface area contributed by atoms with Gasteiger partial charge in [0.15, 0.2) is 23.3 Å². The molecular formula is C69H52N8O4. The van der Waals surface area contributed by atoms with Crippen LogP contribution in [-0.4, -0.2) is 68.3 Å². The van der Waals surface area contributed by atoms with E-state index in [2.05, 4.69) is 97.1 Å². The third-order valence-electron chi connectivity index (χ3n) is 14.6. The summed E-state index contributed by atoms with van der Waals surface area (Å²) in [6.45, 7) is 0. The molecule has 0 saturated carbocycles. The van der Waals surface area contributed by atoms with E-state index in [0.29, 0.717) is 23.3 Å². The molecule has 0 aliphatic rings. The molecule has 0 fully saturated rings. The number of rotatable bonds is 16. The van der Waals surface area contributed by atoms with Crippen LogP contribution in [0.1, 0.15) is 22.3 Å². The molecular weight excluding hydrogens is 1000 g/mol. The molecule has 0 radical (unpaired) electrons. The number of benzene rings is 8. The number of hydrogen-bond donors (Lipinski definition) is 0. The number of methoxy groups -OCH3 is 4. The summed E-state index contributed by atoms with van der Waals surface area (Å²) < 4.78 is 21.5. The van der Waals surface area contributed by atoms with Crippen LogP contribution < -0.4 is 18.9 Å². The van der Waals surface area contributed by atoms with Gasteiger partial charge in [0.1, 0.15) is 23.0 Å². The lowest BCUT2D eigenvalue weighted by Gasteiger charge is -2.37. The zero-order chi connectivity index (χ0) is 55.1. The van der Waals surface area contributed by atoms with E-state index in [9.17, 15) is 0 Å². The highest BCUT2D eigenvalue weighted by Gasteiger charge is 2.39. The Balaban J connectivity index is 0.958. The minimum absolute atomic E-state index is 0.608. The highest BCUT2D eigenvalue weighted by atomic mass is 16.5.